The monoisotopic (exact) mass is 224 g/mol. The van der Waals surface area contributed by atoms with Crippen molar-refractivity contribution in [1.29, 1.82) is 0 Å². The lowest BCUT2D eigenvalue weighted by atomic mass is 9.83. The molecule has 2 nitrogen and oxygen atoms in total. The molecule has 0 spiro atoms. The summed E-state index contributed by atoms with van der Waals surface area (Å²) in [6.45, 7) is 9.64. The number of hydrogen-bond donors (Lipinski definition) is 2. The standard InChI is InChI=1S/C14H28N2/c1-3-14(6-4-5-7-14)11-16-10-13-9-15-8-12(13)2/h12-13,15-16H,3-11H2,1-2H3/t12-,13+/m1/s1. The van der Waals surface area contributed by atoms with Crippen molar-refractivity contribution < 1.29 is 0 Å². The third kappa shape index (κ3) is 2.78. The van der Waals surface area contributed by atoms with Gasteiger partial charge in [-0.2, -0.15) is 0 Å². The van der Waals surface area contributed by atoms with Crippen LogP contribution in [-0.4, -0.2) is 26.2 Å². The van der Waals surface area contributed by atoms with E-state index in [9.17, 15) is 0 Å². The van der Waals surface area contributed by atoms with E-state index in [-0.39, 0.29) is 0 Å². The zero-order chi connectivity index (χ0) is 11.4. The molecule has 0 aromatic rings. The maximum atomic E-state index is 3.75. The minimum Gasteiger partial charge on any atom is -0.316 e. The number of nitrogens with one attached hydrogen (secondary N) is 2. The highest BCUT2D eigenvalue weighted by molar-refractivity contribution is 4.87. The van der Waals surface area contributed by atoms with Gasteiger partial charge >= 0.3 is 0 Å². The van der Waals surface area contributed by atoms with Crippen LogP contribution in [0.5, 0.6) is 0 Å². The summed E-state index contributed by atoms with van der Waals surface area (Å²) in [4.78, 5) is 0. The highest BCUT2D eigenvalue weighted by atomic mass is 15.0. The molecular formula is C14H28N2. The van der Waals surface area contributed by atoms with Crippen LogP contribution >= 0.6 is 0 Å². The highest BCUT2D eigenvalue weighted by Crippen LogP contribution is 2.40. The minimum atomic E-state index is 0.648. The first-order chi connectivity index (χ1) is 7.76. The lowest BCUT2D eigenvalue weighted by Gasteiger charge is -2.29. The van der Waals surface area contributed by atoms with Crippen LogP contribution in [0.2, 0.25) is 0 Å². The smallest absolute Gasteiger partial charge is 0.000783 e. The van der Waals surface area contributed by atoms with Gasteiger partial charge in [-0.05, 0) is 56.1 Å². The largest absolute Gasteiger partial charge is 0.316 e. The summed E-state index contributed by atoms with van der Waals surface area (Å²) in [5, 5.41) is 7.24. The molecule has 1 aliphatic carbocycles. The Hall–Kier alpha value is -0.0800. The second-order valence-corrected chi connectivity index (χ2v) is 6.09. The topological polar surface area (TPSA) is 24.1 Å². The van der Waals surface area contributed by atoms with Gasteiger partial charge in [0.15, 0.2) is 0 Å². The van der Waals surface area contributed by atoms with Gasteiger partial charge in [0.1, 0.15) is 0 Å². The molecule has 1 heterocycles. The van der Waals surface area contributed by atoms with Crippen LogP contribution in [0.4, 0.5) is 0 Å². The predicted molar refractivity (Wildman–Crippen MR) is 69.6 cm³/mol. The molecule has 2 aliphatic rings. The molecule has 1 saturated carbocycles. The molecular weight excluding hydrogens is 196 g/mol. The van der Waals surface area contributed by atoms with Crippen molar-refractivity contribution in [3.63, 3.8) is 0 Å². The van der Waals surface area contributed by atoms with Gasteiger partial charge < -0.3 is 10.6 Å². The number of hydrogen-bond acceptors (Lipinski definition) is 2. The zero-order valence-corrected chi connectivity index (χ0v) is 11.0. The fraction of sp³-hybridized carbons (Fsp3) is 1.00. The Morgan fingerprint density at radius 1 is 1.25 bits per heavy atom. The molecule has 0 radical (unpaired) electrons. The summed E-state index contributed by atoms with van der Waals surface area (Å²) in [5.41, 5.74) is 0.648. The Labute approximate surface area is 101 Å². The first-order valence-electron chi connectivity index (χ1n) is 7.17. The van der Waals surface area contributed by atoms with Crippen molar-refractivity contribution in [2.45, 2.75) is 46.0 Å². The Kier molecular flexibility index (Phi) is 4.26. The van der Waals surface area contributed by atoms with Crippen LogP contribution < -0.4 is 10.6 Å². The molecule has 0 amide bonds. The van der Waals surface area contributed by atoms with Crippen LogP contribution in [0.25, 0.3) is 0 Å². The van der Waals surface area contributed by atoms with Crippen molar-refractivity contribution in [1.82, 2.24) is 10.6 Å². The first-order valence-corrected chi connectivity index (χ1v) is 7.17. The van der Waals surface area contributed by atoms with Gasteiger partial charge in [0.25, 0.3) is 0 Å². The number of rotatable bonds is 5. The van der Waals surface area contributed by atoms with Crippen LogP contribution in [0.15, 0.2) is 0 Å². The molecule has 2 atom stereocenters. The van der Waals surface area contributed by atoms with Crippen LogP contribution in [0.1, 0.15) is 46.0 Å². The molecule has 0 aromatic carbocycles. The third-order valence-corrected chi connectivity index (χ3v) is 5.00. The van der Waals surface area contributed by atoms with Crippen LogP contribution in [0.3, 0.4) is 0 Å². The Morgan fingerprint density at radius 3 is 2.56 bits per heavy atom. The fourth-order valence-electron chi connectivity index (χ4n) is 3.44. The van der Waals surface area contributed by atoms with Gasteiger partial charge in [0.05, 0.1) is 0 Å². The van der Waals surface area contributed by atoms with Gasteiger partial charge in [-0.3, -0.25) is 0 Å². The SMILES string of the molecule is CCC1(CNC[C@@H]2CNC[C@H]2C)CCCC1. The third-order valence-electron chi connectivity index (χ3n) is 5.00. The summed E-state index contributed by atoms with van der Waals surface area (Å²) in [5.74, 6) is 1.71. The van der Waals surface area contributed by atoms with E-state index in [0.29, 0.717) is 5.41 Å². The second-order valence-electron chi connectivity index (χ2n) is 6.09. The predicted octanol–water partition coefficient (Wildman–Crippen LogP) is 2.40. The summed E-state index contributed by atoms with van der Waals surface area (Å²) in [7, 11) is 0. The van der Waals surface area contributed by atoms with E-state index in [1.807, 2.05) is 0 Å². The van der Waals surface area contributed by atoms with Crippen molar-refractivity contribution in [3.8, 4) is 0 Å². The average Bonchev–Trinajstić information content (AvgIpc) is 2.90. The summed E-state index contributed by atoms with van der Waals surface area (Å²) in [6.07, 6.45) is 7.18. The Morgan fingerprint density at radius 2 is 2.00 bits per heavy atom. The van der Waals surface area contributed by atoms with Gasteiger partial charge in [-0.25, -0.2) is 0 Å². The van der Waals surface area contributed by atoms with Gasteiger partial charge in [-0.1, -0.05) is 26.7 Å². The molecule has 2 rings (SSSR count). The van der Waals surface area contributed by atoms with E-state index in [0.717, 1.165) is 11.8 Å². The van der Waals surface area contributed by atoms with E-state index in [1.54, 1.807) is 0 Å². The van der Waals surface area contributed by atoms with Crippen molar-refractivity contribution in [2.24, 2.45) is 17.3 Å². The van der Waals surface area contributed by atoms with E-state index >= 15 is 0 Å². The van der Waals surface area contributed by atoms with E-state index in [2.05, 4.69) is 24.5 Å². The lowest BCUT2D eigenvalue weighted by molar-refractivity contribution is 0.258. The zero-order valence-electron chi connectivity index (χ0n) is 11.0. The first kappa shape index (κ1) is 12.4. The molecule has 0 unspecified atom stereocenters. The molecule has 2 heteroatoms. The van der Waals surface area contributed by atoms with E-state index in [1.165, 1.54) is 58.3 Å². The van der Waals surface area contributed by atoms with Crippen molar-refractivity contribution >= 4 is 0 Å². The molecule has 94 valence electrons. The molecule has 0 aromatic heterocycles. The molecule has 1 aliphatic heterocycles. The molecule has 1 saturated heterocycles. The maximum absolute atomic E-state index is 3.75. The Balaban J connectivity index is 1.70. The molecule has 2 N–H and O–H groups in total. The van der Waals surface area contributed by atoms with E-state index in [4.69, 9.17) is 0 Å². The quantitative estimate of drug-likeness (QED) is 0.749. The summed E-state index contributed by atoms with van der Waals surface area (Å²) >= 11 is 0. The maximum Gasteiger partial charge on any atom is 0.000783 e. The van der Waals surface area contributed by atoms with Crippen LogP contribution in [-0.2, 0) is 0 Å². The second kappa shape index (κ2) is 5.50. The fourth-order valence-corrected chi connectivity index (χ4v) is 3.44. The summed E-state index contributed by atoms with van der Waals surface area (Å²) in [6, 6.07) is 0. The average molecular weight is 224 g/mol. The summed E-state index contributed by atoms with van der Waals surface area (Å²) < 4.78 is 0. The molecule has 16 heavy (non-hydrogen) atoms. The normalized spacial score (nSPS) is 33.4. The van der Waals surface area contributed by atoms with Gasteiger partial charge in [-0.15, -0.1) is 0 Å². The van der Waals surface area contributed by atoms with Crippen LogP contribution in [0, 0.1) is 17.3 Å². The van der Waals surface area contributed by atoms with E-state index < -0.39 is 0 Å². The Bertz CT molecular complexity index is 209. The van der Waals surface area contributed by atoms with Crippen molar-refractivity contribution in [2.75, 3.05) is 26.2 Å². The van der Waals surface area contributed by atoms with Gasteiger partial charge in [0, 0.05) is 6.54 Å². The minimum absolute atomic E-state index is 0.648. The molecule has 0 bridgehead atoms. The highest BCUT2D eigenvalue weighted by Gasteiger charge is 2.32. The van der Waals surface area contributed by atoms with Crippen molar-refractivity contribution in [3.05, 3.63) is 0 Å². The lowest BCUT2D eigenvalue weighted by Crippen LogP contribution is -2.36. The van der Waals surface area contributed by atoms with Gasteiger partial charge in [0.2, 0.25) is 0 Å². The molecule has 2 fully saturated rings.